The molecule has 0 bridgehead atoms. The summed E-state index contributed by atoms with van der Waals surface area (Å²) in [6.45, 7) is 10.8. The lowest BCUT2D eigenvalue weighted by atomic mass is 9.74. The van der Waals surface area contributed by atoms with Crippen LogP contribution in [0.4, 0.5) is 0 Å². The highest BCUT2D eigenvalue weighted by molar-refractivity contribution is 5.70. The predicted molar refractivity (Wildman–Crippen MR) is 76.1 cm³/mol. The Morgan fingerprint density at radius 3 is 2.32 bits per heavy atom. The summed E-state index contributed by atoms with van der Waals surface area (Å²) in [4.78, 5) is 13.5. The Morgan fingerprint density at radius 1 is 1.16 bits per heavy atom. The second kappa shape index (κ2) is 8.54. The fourth-order valence-electron chi connectivity index (χ4n) is 2.76. The highest BCUT2D eigenvalue weighted by Gasteiger charge is 2.30. The minimum Gasteiger partial charge on any atom is -0.464 e. The molecule has 0 aromatic rings. The normalized spacial score (nSPS) is 19.3. The van der Waals surface area contributed by atoms with E-state index in [-0.39, 0.29) is 12.6 Å². The van der Waals surface area contributed by atoms with Crippen molar-refractivity contribution in [2.75, 3.05) is 39.5 Å². The van der Waals surface area contributed by atoms with E-state index in [0.717, 1.165) is 19.6 Å². The lowest BCUT2D eigenvalue weighted by Gasteiger charge is -2.41. The molecule has 0 radical (unpaired) electrons. The molecule has 0 aliphatic carbocycles. The van der Waals surface area contributed by atoms with Crippen LogP contribution in [0.2, 0.25) is 0 Å². The number of ether oxygens (including phenoxy) is 2. The van der Waals surface area contributed by atoms with Crippen molar-refractivity contribution in [3.63, 3.8) is 0 Å². The first-order chi connectivity index (χ1) is 9.15. The molecule has 4 nitrogen and oxygen atoms in total. The summed E-state index contributed by atoms with van der Waals surface area (Å²) < 4.78 is 10.2. The van der Waals surface area contributed by atoms with Gasteiger partial charge in [0.25, 0.3) is 0 Å². The third-order valence-corrected chi connectivity index (χ3v) is 4.49. The SMILES string of the molecule is CCOC(=O)COCCN1CCC(CC)(CC)CC1. The Morgan fingerprint density at radius 2 is 1.79 bits per heavy atom. The van der Waals surface area contributed by atoms with Crippen LogP contribution in [0.1, 0.15) is 46.5 Å². The van der Waals surface area contributed by atoms with Crippen LogP contribution in [-0.4, -0.2) is 50.3 Å². The molecule has 1 fully saturated rings. The fourth-order valence-corrected chi connectivity index (χ4v) is 2.76. The van der Waals surface area contributed by atoms with Gasteiger partial charge in [0, 0.05) is 6.54 Å². The van der Waals surface area contributed by atoms with E-state index in [2.05, 4.69) is 18.7 Å². The van der Waals surface area contributed by atoms with Crippen molar-refractivity contribution in [1.82, 2.24) is 4.90 Å². The van der Waals surface area contributed by atoms with Crippen molar-refractivity contribution in [2.45, 2.75) is 46.5 Å². The summed E-state index contributed by atoms with van der Waals surface area (Å²) in [5.41, 5.74) is 0.572. The summed E-state index contributed by atoms with van der Waals surface area (Å²) in [7, 11) is 0. The standard InChI is InChI=1S/C15H29NO3/c1-4-15(5-2)7-9-16(10-8-15)11-12-18-13-14(17)19-6-3/h4-13H2,1-3H3. The van der Waals surface area contributed by atoms with Crippen molar-refractivity contribution in [2.24, 2.45) is 5.41 Å². The van der Waals surface area contributed by atoms with Gasteiger partial charge in [0.2, 0.25) is 0 Å². The number of hydrogen-bond acceptors (Lipinski definition) is 4. The molecule has 0 aromatic heterocycles. The maximum Gasteiger partial charge on any atom is 0.332 e. The third-order valence-electron chi connectivity index (χ3n) is 4.49. The van der Waals surface area contributed by atoms with E-state index >= 15 is 0 Å². The first kappa shape index (κ1) is 16.4. The second-order valence-electron chi connectivity index (χ2n) is 5.41. The molecule has 1 rings (SSSR count). The van der Waals surface area contributed by atoms with E-state index in [1.54, 1.807) is 6.92 Å². The van der Waals surface area contributed by atoms with Gasteiger partial charge in [-0.3, -0.25) is 0 Å². The van der Waals surface area contributed by atoms with Crippen molar-refractivity contribution >= 4 is 5.97 Å². The largest absolute Gasteiger partial charge is 0.464 e. The molecule has 0 N–H and O–H groups in total. The molecular formula is C15H29NO3. The van der Waals surface area contributed by atoms with Crippen LogP contribution in [0.15, 0.2) is 0 Å². The molecular weight excluding hydrogens is 242 g/mol. The lowest BCUT2D eigenvalue weighted by molar-refractivity contribution is -0.148. The first-order valence-electron chi connectivity index (χ1n) is 7.61. The van der Waals surface area contributed by atoms with E-state index in [9.17, 15) is 4.79 Å². The maximum atomic E-state index is 11.1. The van der Waals surface area contributed by atoms with Gasteiger partial charge in [-0.05, 0) is 38.3 Å². The van der Waals surface area contributed by atoms with Gasteiger partial charge in [0.05, 0.1) is 13.2 Å². The van der Waals surface area contributed by atoms with Crippen molar-refractivity contribution in [1.29, 1.82) is 0 Å². The van der Waals surface area contributed by atoms with Crippen LogP contribution in [0, 0.1) is 5.41 Å². The highest BCUT2D eigenvalue weighted by Crippen LogP contribution is 2.37. The second-order valence-corrected chi connectivity index (χ2v) is 5.41. The number of piperidine rings is 1. The van der Waals surface area contributed by atoms with Crippen LogP contribution in [0.3, 0.4) is 0 Å². The first-order valence-corrected chi connectivity index (χ1v) is 7.61. The van der Waals surface area contributed by atoms with E-state index in [1.807, 2.05) is 0 Å². The van der Waals surface area contributed by atoms with Crippen LogP contribution in [0.5, 0.6) is 0 Å². The molecule has 1 heterocycles. The molecule has 0 amide bonds. The Hall–Kier alpha value is -0.610. The van der Waals surface area contributed by atoms with Crippen LogP contribution in [0.25, 0.3) is 0 Å². The topological polar surface area (TPSA) is 38.8 Å². The zero-order valence-corrected chi connectivity index (χ0v) is 12.7. The predicted octanol–water partition coefficient (Wildman–Crippen LogP) is 2.47. The molecule has 4 heteroatoms. The zero-order valence-electron chi connectivity index (χ0n) is 12.7. The third kappa shape index (κ3) is 5.49. The molecule has 0 saturated carbocycles. The maximum absolute atomic E-state index is 11.1. The van der Waals surface area contributed by atoms with Gasteiger partial charge in [-0.15, -0.1) is 0 Å². The lowest BCUT2D eigenvalue weighted by Crippen LogP contribution is -2.41. The Kier molecular flexibility index (Phi) is 7.39. The molecule has 1 aliphatic rings. The summed E-state index contributed by atoms with van der Waals surface area (Å²) >= 11 is 0. The van der Waals surface area contributed by atoms with Gasteiger partial charge in [-0.25, -0.2) is 4.79 Å². The quantitative estimate of drug-likeness (QED) is 0.502. The van der Waals surface area contributed by atoms with Crippen LogP contribution in [-0.2, 0) is 14.3 Å². The summed E-state index contributed by atoms with van der Waals surface area (Å²) in [5.74, 6) is -0.267. The van der Waals surface area contributed by atoms with E-state index in [0.29, 0.717) is 18.6 Å². The van der Waals surface area contributed by atoms with Crippen molar-refractivity contribution in [3.8, 4) is 0 Å². The summed E-state index contributed by atoms with van der Waals surface area (Å²) in [6, 6.07) is 0. The average Bonchev–Trinajstić information content (AvgIpc) is 2.45. The molecule has 112 valence electrons. The minimum absolute atomic E-state index is 0.0789. The molecule has 0 atom stereocenters. The van der Waals surface area contributed by atoms with E-state index in [1.165, 1.54) is 25.7 Å². The van der Waals surface area contributed by atoms with Crippen LogP contribution >= 0.6 is 0 Å². The highest BCUT2D eigenvalue weighted by atomic mass is 16.6. The summed E-state index contributed by atoms with van der Waals surface area (Å²) in [5, 5.41) is 0. The molecule has 1 aliphatic heterocycles. The summed E-state index contributed by atoms with van der Waals surface area (Å²) in [6.07, 6.45) is 5.16. The van der Waals surface area contributed by atoms with Gasteiger partial charge in [-0.1, -0.05) is 26.7 Å². The number of carbonyl (C=O) groups excluding carboxylic acids is 1. The zero-order chi connectivity index (χ0) is 14.1. The number of hydrogen-bond donors (Lipinski definition) is 0. The van der Waals surface area contributed by atoms with Crippen molar-refractivity contribution < 1.29 is 14.3 Å². The van der Waals surface area contributed by atoms with E-state index in [4.69, 9.17) is 9.47 Å². The Bertz CT molecular complexity index is 254. The monoisotopic (exact) mass is 271 g/mol. The molecule has 1 saturated heterocycles. The molecule has 0 spiro atoms. The molecule has 0 aromatic carbocycles. The number of rotatable bonds is 8. The van der Waals surface area contributed by atoms with E-state index < -0.39 is 0 Å². The van der Waals surface area contributed by atoms with Crippen LogP contribution < -0.4 is 0 Å². The van der Waals surface area contributed by atoms with Gasteiger partial charge < -0.3 is 14.4 Å². The Labute approximate surface area is 117 Å². The minimum atomic E-state index is -0.267. The van der Waals surface area contributed by atoms with Gasteiger partial charge >= 0.3 is 5.97 Å². The fraction of sp³-hybridized carbons (Fsp3) is 0.933. The smallest absolute Gasteiger partial charge is 0.332 e. The number of esters is 1. The number of likely N-dealkylation sites (tertiary alicyclic amines) is 1. The average molecular weight is 271 g/mol. The molecule has 19 heavy (non-hydrogen) atoms. The van der Waals surface area contributed by atoms with Crippen molar-refractivity contribution in [3.05, 3.63) is 0 Å². The number of carbonyl (C=O) groups is 1. The van der Waals surface area contributed by atoms with Gasteiger partial charge in [0.1, 0.15) is 6.61 Å². The molecule has 0 unspecified atom stereocenters. The van der Waals surface area contributed by atoms with Gasteiger partial charge in [-0.2, -0.15) is 0 Å². The Balaban J connectivity index is 2.11. The number of nitrogens with zero attached hydrogens (tertiary/aromatic N) is 1. The van der Waals surface area contributed by atoms with Gasteiger partial charge in [0.15, 0.2) is 0 Å².